The molecule has 2 aliphatic heterocycles. The van der Waals surface area contributed by atoms with Gasteiger partial charge in [-0.3, -0.25) is 24.1 Å². The number of benzene rings is 4. The predicted octanol–water partition coefficient (Wildman–Crippen LogP) is 8.69. The summed E-state index contributed by atoms with van der Waals surface area (Å²) >= 11 is 7.32. The number of aromatic nitrogens is 1. The van der Waals surface area contributed by atoms with Crippen molar-refractivity contribution in [1.29, 1.82) is 0 Å². The molecule has 0 spiro atoms. The van der Waals surface area contributed by atoms with Crippen molar-refractivity contribution in [3.63, 3.8) is 0 Å². The third-order valence-electron chi connectivity index (χ3n) is 12.5. The Hall–Kier alpha value is -6.58. The number of β-amino-alcohol motifs (C(OH)–C–C–N with tert-alkyl or cyclic N) is 1. The van der Waals surface area contributed by atoms with Crippen LogP contribution in [0.3, 0.4) is 0 Å². The van der Waals surface area contributed by atoms with Crippen LogP contribution in [0.1, 0.15) is 70.7 Å². The predicted molar refractivity (Wildman–Crippen MR) is 273 cm³/mol. The standard InChI is InChI=1S/C53H58FN7O7S2/c1-32-25-38(18-21-42(32)55-8)60-50(66)53(6,7)61(51(60)69)43-22-17-37(26-41(43)54)35-15-19-40(20-16-35)68-24-10-9-23-67-30-45(63)58-47(52(3,4)5)49(65)59-29-39(62)27-44(59)48(64)56-28-34-11-13-36(14-12-34)46-33(2)57-31-70-46/h11-22,25-26,31,39,44,47,62H,9-10,23-24,27-30H2,1-7H3,(H,56,64)(H,58,63)/t39-,44+,47-/m1/s1. The second-order valence-electron chi connectivity index (χ2n) is 19.1. The highest BCUT2D eigenvalue weighted by atomic mass is 32.1. The maximum absolute atomic E-state index is 15.9. The highest BCUT2D eigenvalue weighted by molar-refractivity contribution is 7.81. The molecule has 14 nitrogen and oxygen atoms in total. The minimum Gasteiger partial charge on any atom is -0.494 e. The van der Waals surface area contributed by atoms with Crippen molar-refractivity contribution in [3.8, 4) is 27.3 Å². The molecular weight excluding hydrogens is 930 g/mol. The maximum Gasteiger partial charge on any atom is 0.259 e. The molecule has 70 heavy (non-hydrogen) atoms. The van der Waals surface area contributed by atoms with Gasteiger partial charge in [0.15, 0.2) is 10.8 Å². The van der Waals surface area contributed by atoms with Gasteiger partial charge in [0.25, 0.3) is 5.91 Å². The van der Waals surface area contributed by atoms with Gasteiger partial charge in [-0.2, -0.15) is 0 Å². The van der Waals surface area contributed by atoms with Crippen molar-refractivity contribution in [2.45, 2.75) is 98.0 Å². The number of rotatable bonds is 17. The van der Waals surface area contributed by atoms with E-state index in [-0.39, 0.29) is 55.3 Å². The number of hydrogen-bond acceptors (Lipinski definition) is 10. The normalized spacial score (nSPS) is 17.1. The molecule has 0 radical (unpaired) electrons. The number of hydrogen-bond donors (Lipinski definition) is 3. The Morgan fingerprint density at radius 2 is 1.67 bits per heavy atom. The molecule has 0 unspecified atom stereocenters. The fraction of sp³-hybridized carbons (Fsp3) is 0.377. The van der Waals surface area contributed by atoms with E-state index in [1.807, 2.05) is 64.1 Å². The average Bonchev–Trinajstić information content (AvgIpc) is 3.99. The van der Waals surface area contributed by atoms with Gasteiger partial charge in [-0.1, -0.05) is 69.3 Å². The number of aliphatic hydroxyl groups excluding tert-OH is 1. The van der Waals surface area contributed by atoms with Crippen LogP contribution in [0.4, 0.5) is 21.5 Å². The van der Waals surface area contributed by atoms with Gasteiger partial charge in [0.1, 0.15) is 35.8 Å². The van der Waals surface area contributed by atoms with Crippen LogP contribution in [0.15, 0.2) is 90.4 Å². The zero-order chi connectivity index (χ0) is 50.5. The van der Waals surface area contributed by atoms with Crippen LogP contribution in [0.2, 0.25) is 0 Å². The maximum atomic E-state index is 15.9. The first kappa shape index (κ1) is 51.3. The van der Waals surface area contributed by atoms with Gasteiger partial charge in [0, 0.05) is 31.8 Å². The number of aliphatic hydroxyl groups is 1. The Morgan fingerprint density at radius 1 is 0.986 bits per heavy atom. The fourth-order valence-electron chi connectivity index (χ4n) is 8.59. The van der Waals surface area contributed by atoms with E-state index >= 15 is 4.39 Å². The number of halogens is 1. The molecule has 5 aromatic rings. The molecule has 0 aliphatic carbocycles. The molecule has 4 aromatic carbocycles. The molecule has 2 aliphatic rings. The molecule has 366 valence electrons. The van der Waals surface area contributed by atoms with Gasteiger partial charge in [-0.25, -0.2) is 14.2 Å². The van der Waals surface area contributed by atoms with Gasteiger partial charge in [-0.05, 0) is 122 Å². The molecule has 0 bridgehead atoms. The lowest BCUT2D eigenvalue weighted by Crippen LogP contribution is -2.58. The van der Waals surface area contributed by atoms with Crippen LogP contribution in [0.25, 0.3) is 26.4 Å². The molecule has 2 saturated heterocycles. The van der Waals surface area contributed by atoms with Gasteiger partial charge >= 0.3 is 0 Å². The minimum atomic E-state index is -1.17. The summed E-state index contributed by atoms with van der Waals surface area (Å²) in [7, 11) is 0. The number of carbonyl (C=O) groups is 4. The zero-order valence-corrected chi connectivity index (χ0v) is 42.0. The smallest absolute Gasteiger partial charge is 0.259 e. The molecule has 3 N–H and O–H groups in total. The van der Waals surface area contributed by atoms with Gasteiger partial charge in [0.2, 0.25) is 17.7 Å². The van der Waals surface area contributed by atoms with Crippen molar-refractivity contribution in [2.75, 3.05) is 36.2 Å². The number of carbonyl (C=O) groups excluding carboxylic acids is 4. The molecule has 2 fully saturated rings. The number of nitrogens with zero attached hydrogens (tertiary/aromatic N) is 5. The van der Waals surface area contributed by atoms with Gasteiger partial charge in [0.05, 0.1) is 41.1 Å². The first-order chi connectivity index (χ1) is 33.3. The Bertz CT molecular complexity index is 2800. The molecule has 0 saturated carbocycles. The van der Waals surface area contributed by atoms with Crippen LogP contribution in [0.5, 0.6) is 5.75 Å². The van der Waals surface area contributed by atoms with E-state index in [4.69, 9.17) is 28.3 Å². The highest BCUT2D eigenvalue weighted by Gasteiger charge is 2.51. The SMILES string of the molecule is [C-]#[N+]c1ccc(N2C(=O)C(C)(C)N(c3ccc(-c4ccc(OCCCCOCC(=O)N[C@H](C(=O)N5C[C@H](O)C[C@H]5C(=O)NCc5ccc(-c6scnc6C)cc5)C(C)(C)C)cc4)cc3F)C2=S)cc1C. The zero-order valence-electron chi connectivity index (χ0n) is 40.4. The number of anilines is 2. The molecular formula is C53H58FN7O7S2. The van der Waals surface area contributed by atoms with Crippen LogP contribution >= 0.6 is 23.6 Å². The van der Waals surface area contributed by atoms with E-state index in [0.717, 1.165) is 27.3 Å². The van der Waals surface area contributed by atoms with Crippen LogP contribution in [-0.4, -0.2) is 93.8 Å². The summed E-state index contributed by atoms with van der Waals surface area (Å²) in [6.45, 7) is 20.6. The van der Waals surface area contributed by atoms with Crippen molar-refractivity contribution in [2.24, 2.45) is 5.41 Å². The number of thiazole rings is 1. The number of ether oxygens (including phenoxy) is 2. The number of unbranched alkanes of at least 4 members (excludes halogenated alkanes) is 1. The fourth-order valence-corrected chi connectivity index (χ4v) is 9.91. The summed E-state index contributed by atoms with van der Waals surface area (Å²) in [5, 5.41) is 16.5. The summed E-state index contributed by atoms with van der Waals surface area (Å²) in [5.74, 6) is -1.53. The van der Waals surface area contributed by atoms with E-state index in [1.165, 1.54) is 20.8 Å². The van der Waals surface area contributed by atoms with E-state index in [1.54, 1.807) is 80.1 Å². The summed E-state index contributed by atoms with van der Waals surface area (Å²) in [6.07, 6.45) is 0.443. The topological polar surface area (TPSA) is 158 Å². The van der Waals surface area contributed by atoms with E-state index in [9.17, 15) is 24.3 Å². The van der Waals surface area contributed by atoms with Crippen molar-refractivity contribution in [1.82, 2.24) is 20.5 Å². The van der Waals surface area contributed by atoms with Crippen molar-refractivity contribution < 1.29 is 38.1 Å². The van der Waals surface area contributed by atoms with Gasteiger partial charge in [-0.15, -0.1) is 11.3 Å². The number of nitrogens with one attached hydrogen (secondary N) is 2. The summed E-state index contributed by atoms with van der Waals surface area (Å²) in [5.41, 5.74) is 6.06. The molecule has 17 heteroatoms. The van der Waals surface area contributed by atoms with Crippen molar-refractivity contribution >= 4 is 69.4 Å². The van der Waals surface area contributed by atoms with Crippen LogP contribution in [0, 0.1) is 31.7 Å². The molecule has 7 rings (SSSR count). The largest absolute Gasteiger partial charge is 0.494 e. The molecule has 4 amide bonds. The van der Waals surface area contributed by atoms with Gasteiger partial charge < -0.3 is 35.0 Å². The Kier molecular flexibility index (Phi) is 15.8. The average molecular weight is 988 g/mol. The lowest BCUT2D eigenvalue weighted by atomic mass is 9.85. The third-order valence-corrected chi connectivity index (χ3v) is 13.8. The summed E-state index contributed by atoms with van der Waals surface area (Å²) in [6, 6.07) is 23.1. The highest BCUT2D eigenvalue weighted by Crippen LogP contribution is 2.40. The Balaban J connectivity index is 0.843. The minimum absolute atomic E-state index is 0.0268. The van der Waals surface area contributed by atoms with Crippen LogP contribution < -0.4 is 25.2 Å². The monoisotopic (exact) mass is 987 g/mol. The third kappa shape index (κ3) is 11.4. The Morgan fingerprint density at radius 3 is 2.31 bits per heavy atom. The van der Waals surface area contributed by atoms with Crippen LogP contribution in [-0.2, 0) is 30.5 Å². The van der Waals surface area contributed by atoms with E-state index in [0.29, 0.717) is 47.7 Å². The van der Waals surface area contributed by atoms with Crippen molar-refractivity contribution in [3.05, 3.63) is 124 Å². The number of thiocarbonyl (C=S) groups is 1. The second kappa shape index (κ2) is 21.6. The summed E-state index contributed by atoms with van der Waals surface area (Å²) < 4.78 is 27.5. The molecule has 3 atom stereocenters. The number of aryl methyl sites for hydroxylation is 2. The number of likely N-dealkylation sites (tertiary alicyclic amines) is 1. The number of amides is 4. The van der Waals surface area contributed by atoms with E-state index < -0.39 is 46.8 Å². The molecule has 1 aromatic heterocycles. The summed E-state index contributed by atoms with van der Waals surface area (Å²) in [4.78, 5) is 67.4. The lowest BCUT2D eigenvalue weighted by molar-refractivity contribution is -0.144. The first-order valence-corrected chi connectivity index (χ1v) is 24.4. The Labute approximate surface area is 417 Å². The lowest BCUT2D eigenvalue weighted by Gasteiger charge is -2.35. The quantitative estimate of drug-likeness (QED) is 0.0468. The first-order valence-electron chi connectivity index (χ1n) is 23.1. The molecule has 3 heterocycles. The van der Waals surface area contributed by atoms with E-state index in [2.05, 4.69) is 20.5 Å². The second-order valence-corrected chi connectivity index (χ2v) is 20.4.